The van der Waals surface area contributed by atoms with Crippen molar-refractivity contribution in [3.05, 3.63) is 18.2 Å². The van der Waals surface area contributed by atoms with Crippen molar-refractivity contribution in [1.82, 2.24) is 5.32 Å². The first kappa shape index (κ1) is 16.6. The van der Waals surface area contributed by atoms with Gasteiger partial charge >= 0.3 is 12.0 Å². The molecule has 0 saturated carbocycles. The molecule has 0 aliphatic rings. The summed E-state index contributed by atoms with van der Waals surface area (Å²) in [7, 11) is 0. The molecular weight excluding hydrogens is 276 g/mol. The molecular formula is C14H20N2O5. The van der Waals surface area contributed by atoms with Gasteiger partial charge in [0.25, 0.3) is 0 Å². The molecule has 0 aromatic heterocycles. The van der Waals surface area contributed by atoms with Gasteiger partial charge in [-0.3, -0.25) is 4.79 Å². The molecule has 21 heavy (non-hydrogen) atoms. The highest BCUT2D eigenvalue weighted by molar-refractivity contribution is 5.92. The predicted molar refractivity (Wildman–Crippen MR) is 78.0 cm³/mol. The first-order valence-electron chi connectivity index (χ1n) is 6.67. The monoisotopic (exact) mass is 296 g/mol. The van der Waals surface area contributed by atoms with Gasteiger partial charge in [0.1, 0.15) is 6.04 Å². The Balaban J connectivity index is 2.77. The van der Waals surface area contributed by atoms with Crippen molar-refractivity contribution in [2.24, 2.45) is 0 Å². The SMILES string of the molecule is CCOc1ccc(NC(=O)N[C@@H](C)C(=O)O)cc1OCC. The summed E-state index contributed by atoms with van der Waals surface area (Å²) in [6.07, 6.45) is 0. The maximum absolute atomic E-state index is 11.6. The number of aliphatic carboxylic acids is 1. The van der Waals surface area contributed by atoms with Gasteiger partial charge in [0, 0.05) is 11.8 Å². The van der Waals surface area contributed by atoms with Crippen LogP contribution in [0.5, 0.6) is 11.5 Å². The van der Waals surface area contributed by atoms with Gasteiger partial charge in [-0.2, -0.15) is 0 Å². The molecule has 1 rings (SSSR count). The Labute approximate surface area is 123 Å². The van der Waals surface area contributed by atoms with Crippen LogP contribution in [0.15, 0.2) is 18.2 Å². The molecule has 116 valence electrons. The first-order chi connectivity index (χ1) is 9.97. The minimum Gasteiger partial charge on any atom is -0.490 e. The predicted octanol–water partition coefficient (Wildman–Crippen LogP) is 2.08. The Morgan fingerprint density at radius 3 is 2.38 bits per heavy atom. The molecule has 7 nitrogen and oxygen atoms in total. The average Bonchev–Trinajstić information content (AvgIpc) is 2.42. The Morgan fingerprint density at radius 1 is 1.19 bits per heavy atom. The van der Waals surface area contributed by atoms with E-state index in [2.05, 4.69) is 10.6 Å². The molecule has 1 aromatic carbocycles. The summed E-state index contributed by atoms with van der Waals surface area (Å²) in [6.45, 7) is 6.06. The summed E-state index contributed by atoms with van der Waals surface area (Å²) in [6, 6.07) is 3.39. The molecule has 0 unspecified atom stereocenters. The number of carbonyl (C=O) groups is 2. The van der Waals surface area contributed by atoms with E-state index >= 15 is 0 Å². The summed E-state index contributed by atoms with van der Waals surface area (Å²) >= 11 is 0. The summed E-state index contributed by atoms with van der Waals surface area (Å²) in [5.41, 5.74) is 0.483. The largest absolute Gasteiger partial charge is 0.490 e. The normalized spacial score (nSPS) is 11.4. The number of benzene rings is 1. The molecule has 1 aromatic rings. The fourth-order valence-electron chi connectivity index (χ4n) is 1.55. The van der Waals surface area contributed by atoms with Crippen molar-refractivity contribution in [3.63, 3.8) is 0 Å². The van der Waals surface area contributed by atoms with Crippen LogP contribution in [0.1, 0.15) is 20.8 Å². The van der Waals surface area contributed by atoms with E-state index in [9.17, 15) is 9.59 Å². The molecule has 0 spiro atoms. The van der Waals surface area contributed by atoms with E-state index in [4.69, 9.17) is 14.6 Å². The van der Waals surface area contributed by atoms with Crippen molar-refractivity contribution >= 4 is 17.7 Å². The zero-order valence-corrected chi connectivity index (χ0v) is 12.3. The smallest absolute Gasteiger partial charge is 0.325 e. The molecule has 0 heterocycles. The molecule has 0 bridgehead atoms. The molecule has 0 radical (unpaired) electrons. The Kier molecular flexibility index (Phi) is 6.32. The topological polar surface area (TPSA) is 96.9 Å². The first-order valence-corrected chi connectivity index (χ1v) is 6.67. The van der Waals surface area contributed by atoms with E-state index in [0.717, 1.165) is 0 Å². The highest BCUT2D eigenvalue weighted by atomic mass is 16.5. The minimum atomic E-state index is -1.10. The van der Waals surface area contributed by atoms with Gasteiger partial charge in [0.05, 0.1) is 13.2 Å². The Morgan fingerprint density at radius 2 is 1.81 bits per heavy atom. The molecule has 7 heteroatoms. The summed E-state index contributed by atoms with van der Waals surface area (Å²) in [5.74, 6) is -0.000468. The number of nitrogens with one attached hydrogen (secondary N) is 2. The summed E-state index contributed by atoms with van der Waals surface area (Å²) in [4.78, 5) is 22.3. The lowest BCUT2D eigenvalue weighted by atomic mass is 10.2. The molecule has 0 aliphatic heterocycles. The zero-order chi connectivity index (χ0) is 15.8. The van der Waals surface area contributed by atoms with Crippen LogP contribution in [0.2, 0.25) is 0 Å². The van der Waals surface area contributed by atoms with Crippen LogP contribution >= 0.6 is 0 Å². The van der Waals surface area contributed by atoms with E-state index in [1.165, 1.54) is 6.92 Å². The van der Waals surface area contributed by atoms with Crippen LogP contribution in [0.3, 0.4) is 0 Å². The van der Waals surface area contributed by atoms with Crippen LogP contribution in [-0.2, 0) is 4.79 Å². The third-order valence-electron chi connectivity index (χ3n) is 2.52. The lowest BCUT2D eigenvalue weighted by Gasteiger charge is -2.14. The van der Waals surface area contributed by atoms with Gasteiger partial charge in [0.15, 0.2) is 11.5 Å². The summed E-state index contributed by atoms with van der Waals surface area (Å²) in [5, 5.41) is 13.6. The van der Waals surface area contributed by atoms with E-state index in [1.54, 1.807) is 18.2 Å². The fraction of sp³-hybridized carbons (Fsp3) is 0.429. The van der Waals surface area contributed by atoms with E-state index in [-0.39, 0.29) is 0 Å². The molecule has 0 saturated heterocycles. The van der Waals surface area contributed by atoms with Gasteiger partial charge in [-0.05, 0) is 32.9 Å². The number of ether oxygens (including phenoxy) is 2. The quantitative estimate of drug-likeness (QED) is 0.715. The number of anilines is 1. The number of hydrogen-bond donors (Lipinski definition) is 3. The number of hydrogen-bond acceptors (Lipinski definition) is 4. The summed E-state index contributed by atoms with van der Waals surface area (Å²) < 4.78 is 10.9. The Hall–Kier alpha value is -2.44. The lowest BCUT2D eigenvalue weighted by molar-refractivity contribution is -0.138. The third-order valence-corrected chi connectivity index (χ3v) is 2.52. The van der Waals surface area contributed by atoms with E-state index < -0.39 is 18.0 Å². The second-order valence-electron chi connectivity index (χ2n) is 4.19. The van der Waals surface area contributed by atoms with Crippen molar-refractivity contribution < 1.29 is 24.2 Å². The van der Waals surface area contributed by atoms with Crippen molar-refractivity contribution in [1.29, 1.82) is 0 Å². The van der Waals surface area contributed by atoms with Gasteiger partial charge in [-0.25, -0.2) is 4.79 Å². The maximum atomic E-state index is 11.6. The van der Waals surface area contributed by atoms with E-state index in [0.29, 0.717) is 30.4 Å². The van der Waals surface area contributed by atoms with Crippen LogP contribution in [0, 0.1) is 0 Å². The Bertz CT molecular complexity index is 504. The molecule has 3 N–H and O–H groups in total. The van der Waals surface area contributed by atoms with Crippen molar-refractivity contribution in [3.8, 4) is 11.5 Å². The van der Waals surface area contributed by atoms with Crippen molar-refractivity contribution in [2.45, 2.75) is 26.8 Å². The van der Waals surface area contributed by atoms with Crippen LogP contribution in [-0.4, -0.2) is 36.4 Å². The highest BCUT2D eigenvalue weighted by Gasteiger charge is 2.14. The number of carboxylic acid groups (broad SMARTS) is 1. The standard InChI is InChI=1S/C14H20N2O5/c1-4-20-11-7-6-10(8-12(11)21-5-2)16-14(19)15-9(3)13(17)18/h6-9H,4-5H2,1-3H3,(H,17,18)(H2,15,16,19)/t9-/m0/s1. The van der Waals surface area contributed by atoms with Crippen LogP contribution in [0.4, 0.5) is 10.5 Å². The fourth-order valence-corrected chi connectivity index (χ4v) is 1.55. The van der Waals surface area contributed by atoms with Gasteiger partial charge < -0.3 is 25.2 Å². The number of amides is 2. The molecule has 2 amide bonds. The second-order valence-corrected chi connectivity index (χ2v) is 4.19. The minimum absolute atomic E-state index is 0.464. The average molecular weight is 296 g/mol. The number of urea groups is 1. The number of carbonyl (C=O) groups excluding carboxylic acids is 1. The highest BCUT2D eigenvalue weighted by Crippen LogP contribution is 2.30. The lowest BCUT2D eigenvalue weighted by Crippen LogP contribution is -2.40. The molecule has 0 fully saturated rings. The molecule has 0 aliphatic carbocycles. The number of rotatable bonds is 7. The molecule has 1 atom stereocenters. The maximum Gasteiger partial charge on any atom is 0.325 e. The second kappa shape index (κ2) is 7.98. The van der Waals surface area contributed by atoms with Crippen LogP contribution in [0.25, 0.3) is 0 Å². The van der Waals surface area contributed by atoms with Crippen molar-refractivity contribution in [2.75, 3.05) is 18.5 Å². The zero-order valence-electron chi connectivity index (χ0n) is 12.3. The number of carboxylic acids is 1. The van der Waals surface area contributed by atoms with E-state index in [1.807, 2.05) is 13.8 Å². The van der Waals surface area contributed by atoms with Gasteiger partial charge in [-0.1, -0.05) is 0 Å². The van der Waals surface area contributed by atoms with Gasteiger partial charge in [-0.15, -0.1) is 0 Å². The van der Waals surface area contributed by atoms with Crippen LogP contribution < -0.4 is 20.1 Å². The van der Waals surface area contributed by atoms with Gasteiger partial charge in [0.2, 0.25) is 0 Å². The third kappa shape index (κ3) is 5.21.